The third kappa shape index (κ3) is 3.31. The molecular formula is C18H14FN5. The predicted octanol–water partition coefficient (Wildman–Crippen LogP) is 2.55. The van der Waals surface area contributed by atoms with Gasteiger partial charge in [-0.3, -0.25) is 0 Å². The topological polar surface area (TPSA) is 90.7 Å². The van der Waals surface area contributed by atoms with Crippen LogP contribution in [0.3, 0.4) is 0 Å². The van der Waals surface area contributed by atoms with Gasteiger partial charge in [-0.2, -0.15) is 0 Å². The molecule has 0 radical (unpaired) electrons. The van der Waals surface area contributed by atoms with Gasteiger partial charge in [0.15, 0.2) is 0 Å². The van der Waals surface area contributed by atoms with Gasteiger partial charge in [-0.15, -0.1) is 0 Å². The van der Waals surface area contributed by atoms with Crippen molar-refractivity contribution >= 4 is 11.8 Å². The van der Waals surface area contributed by atoms with E-state index in [-0.39, 0.29) is 11.8 Å². The zero-order valence-corrected chi connectivity index (χ0v) is 12.9. The number of benzene rings is 1. The van der Waals surface area contributed by atoms with Crippen LogP contribution in [0.1, 0.15) is 16.8 Å². The average molecular weight is 319 g/mol. The lowest BCUT2D eigenvalue weighted by atomic mass is 10.0. The zero-order chi connectivity index (χ0) is 17.1. The Bertz CT molecular complexity index is 938. The maximum Gasteiger partial charge on any atom is 0.220 e. The van der Waals surface area contributed by atoms with Gasteiger partial charge < -0.3 is 11.5 Å². The fourth-order valence-corrected chi connectivity index (χ4v) is 2.17. The van der Waals surface area contributed by atoms with Crippen molar-refractivity contribution in [3.63, 3.8) is 0 Å². The molecule has 0 saturated heterocycles. The second-order valence-electron chi connectivity index (χ2n) is 5.12. The summed E-state index contributed by atoms with van der Waals surface area (Å²) in [5.74, 6) is 6.31. The Balaban J connectivity index is 2.10. The number of anilines is 2. The van der Waals surface area contributed by atoms with Gasteiger partial charge in [0, 0.05) is 17.3 Å². The third-order valence-electron chi connectivity index (χ3n) is 3.34. The second kappa shape index (κ2) is 6.34. The predicted molar refractivity (Wildman–Crippen MR) is 91.2 cm³/mol. The molecule has 0 amide bonds. The first-order chi connectivity index (χ1) is 11.5. The number of nitrogens with two attached hydrogens (primary N) is 2. The molecule has 0 aliphatic rings. The van der Waals surface area contributed by atoms with E-state index in [9.17, 15) is 4.39 Å². The van der Waals surface area contributed by atoms with Crippen LogP contribution in [0.2, 0.25) is 0 Å². The van der Waals surface area contributed by atoms with Gasteiger partial charge in [0.1, 0.15) is 11.6 Å². The van der Waals surface area contributed by atoms with Crippen LogP contribution in [0.15, 0.2) is 42.6 Å². The SMILES string of the molecule is Cc1nc(N)nc(-c2ccc(F)cc2)c1C#Cc1ccc(N)nc1. The number of halogens is 1. The molecule has 3 aromatic rings. The Morgan fingerprint density at radius 2 is 1.71 bits per heavy atom. The monoisotopic (exact) mass is 319 g/mol. The molecule has 1 aromatic carbocycles. The summed E-state index contributed by atoms with van der Waals surface area (Å²) in [5.41, 5.74) is 14.6. The minimum absolute atomic E-state index is 0.145. The summed E-state index contributed by atoms with van der Waals surface area (Å²) in [7, 11) is 0. The Kier molecular flexibility index (Phi) is 4.08. The zero-order valence-electron chi connectivity index (χ0n) is 12.9. The van der Waals surface area contributed by atoms with Gasteiger partial charge in [0.25, 0.3) is 0 Å². The highest BCUT2D eigenvalue weighted by Gasteiger charge is 2.11. The number of aryl methyl sites for hydroxylation is 1. The molecule has 0 aliphatic carbocycles. The van der Waals surface area contributed by atoms with E-state index in [2.05, 4.69) is 26.8 Å². The van der Waals surface area contributed by atoms with Crippen LogP contribution < -0.4 is 11.5 Å². The van der Waals surface area contributed by atoms with E-state index in [1.807, 2.05) is 0 Å². The molecule has 5 nitrogen and oxygen atoms in total. The van der Waals surface area contributed by atoms with E-state index in [4.69, 9.17) is 11.5 Å². The average Bonchev–Trinajstić information content (AvgIpc) is 2.56. The van der Waals surface area contributed by atoms with Crippen LogP contribution >= 0.6 is 0 Å². The molecular weight excluding hydrogens is 305 g/mol. The maximum atomic E-state index is 13.2. The third-order valence-corrected chi connectivity index (χ3v) is 3.34. The minimum Gasteiger partial charge on any atom is -0.384 e. The van der Waals surface area contributed by atoms with Crippen LogP contribution in [0.25, 0.3) is 11.3 Å². The number of nitrogens with zero attached hydrogens (tertiary/aromatic N) is 3. The van der Waals surface area contributed by atoms with Gasteiger partial charge in [-0.05, 0) is 43.3 Å². The van der Waals surface area contributed by atoms with E-state index in [1.165, 1.54) is 12.1 Å². The summed E-state index contributed by atoms with van der Waals surface area (Å²) in [6.45, 7) is 1.80. The highest BCUT2D eigenvalue weighted by molar-refractivity contribution is 5.69. The fourth-order valence-electron chi connectivity index (χ4n) is 2.17. The molecule has 0 saturated carbocycles. The van der Waals surface area contributed by atoms with Gasteiger partial charge in [0.05, 0.1) is 17.0 Å². The molecule has 2 aromatic heterocycles. The Morgan fingerprint density at radius 3 is 2.38 bits per heavy atom. The molecule has 24 heavy (non-hydrogen) atoms. The molecule has 0 unspecified atom stereocenters. The van der Waals surface area contributed by atoms with Gasteiger partial charge >= 0.3 is 0 Å². The van der Waals surface area contributed by atoms with Crippen LogP contribution in [-0.4, -0.2) is 15.0 Å². The number of aromatic nitrogens is 3. The first kappa shape index (κ1) is 15.4. The quantitative estimate of drug-likeness (QED) is 0.673. The van der Waals surface area contributed by atoms with Crippen LogP contribution in [0.5, 0.6) is 0 Å². The lowest BCUT2D eigenvalue weighted by molar-refractivity contribution is 0.628. The van der Waals surface area contributed by atoms with Gasteiger partial charge in [-0.1, -0.05) is 11.8 Å². The van der Waals surface area contributed by atoms with E-state index >= 15 is 0 Å². The van der Waals surface area contributed by atoms with Crippen molar-refractivity contribution in [2.45, 2.75) is 6.92 Å². The molecule has 0 bridgehead atoms. The van der Waals surface area contributed by atoms with Crippen molar-refractivity contribution < 1.29 is 4.39 Å². The smallest absolute Gasteiger partial charge is 0.220 e. The Labute approximate surface area is 138 Å². The highest BCUT2D eigenvalue weighted by atomic mass is 19.1. The molecule has 0 atom stereocenters. The van der Waals surface area contributed by atoms with Crippen LogP contribution in [0, 0.1) is 24.6 Å². The van der Waals surface area contributed by atoms with Crippen LogP contribution in [-0.2, 0) is 0 Å². The van der Waals surface area contributed by atoms with Gasteiger partial charge in [-0.25, -0.2) is 19.3 Å². The minimum atomic E-state index is -0.321. The highest BCUT2D eigenvalue weighted by Crippen LogP contribution is 2.24. The largest absolute Gasteiger partial charge is 0.384 e. The lowest BCUT2D eigenvalue weighted by Gasteiger charge is -2.07. The van der Waals surface area contributed by atoms with E-state index in [0.717, 1.165) is 0 Å². The van der Waals surface area contributed by atoms with E-state index < -0.39 is 0 Å². The second-order valence-corrected chi connectivity index (χ2v) is 5.12. The number of hydrogen-bond donors (Lipinski definition) is 2. The lowest BCUT2D eigenvalue weighted by Crippen LogP contribution is -2.03. The summed E-state index contributed by atoms with van der Waals surface area (Å²) in [4.78, 5) is 12.4. The number of nitrogen functional groups attached to an aromatic ring is 2. The number of pyridine rings is 1. The van der Waals surface area contributed by atoms with Crippen molar-refractivity contribution in [2.24, 2.45) is 0 Å². The number of rotatable bonds is 1. The molecule has 0 spiro atoms. The van der Waals surface area contributed by atoms with Gasteiger partial charge in [0.2, 0.25) is 5.95 Å². The van der Waals surface area contributed by atoms with Crippen molar-refractivity contribution in [2.75, 3.05) is 11.5 Å². The van der Waals surface area contributed by atoms with Crippen molar-refractivity contribution in [1.29, 1.82) is 0 Å². The maximum absolute atomic E-state index is 13.2. The summed E-state index contributed by atoms with van der Waals surface area (Å²) in [6.07, 6.45) is 1.59. The van der Waals surface area contributed by atoms with Crippen molar-refractivity contribution in [3.8, 4) is 23.1 Å². The Morgan fingerprint density at radius 1 is 0.958 bits per heavy atom. The van der Waals surface area contributed by atoms with E-state index in [0.29, 0.717) is 33.9 Å². The standard InChI is InChI=1S/C18H14FN5/c1-11-15(8-2-12-3-9-16(20)22-10-12)17(24-18(21)23-11)13-4-6-14(19)7-5-13/h3-7,9-10H,1H3,(H2,20,22)(H2,21,23,24). The molecule has 0 fully saturated rings. The molecule has 6 heteroatoms. The molecule has 118 valence electrons. The van der Waals surface area contributed by atoms with Crippen molar-refractivity contribution in [1.82, 2.24) is 15.0 Å². The summed E-state index contributed by atoms with van der Waals surface area (Å²) >= 11 is 0. The normalized spacial score (nSPS) is 10.1. The fraction of sp³-hybridized carbons (Fsp3) is 0.0556. The Hall–Kier alpha value is -3.46. The summed E-state index contributed by atoms with van der Waals surface area (Å²) < 4.78 is 13.2. The van der Waals surface area contributed by atoms with E-state index in [1.54, 1.807) is 37.4 Å². The van der Waals surface area contributed by atoms with Crippen molar-refractivity contribution in [3.05, 3.63) is 65.2 Å². The molecule has 3 rings (SSSR count). The molecule has 0 aliphatic heterocycles. The number of hydrogen-bond acceptors (Lipinski definition) is 5. The summed E-state index contributed by atoms with van der Waals surface area (Å²) in [5, 5.41) is 0. The summed E-state index contributed by atoms with van der Waals surface area (Å²) in [6, 6.07) is 9.45. The first-order valence-electron chi connectivity index (χ1n) is 7.16. The van der Waals surface area contributed by atoms with Crippen LogP contribution in [0.4, 0.5) is 16.2 Å². The molecule has 4 N–H and O–H groups in total. The first-order valence-corrected chi connectivity index (χ1v) is 7.16. The molecule has 2 heterocycles.